The van der Waals surface area contributed by atoms with E-state index in [-0.39, 0.29) is 6.61 Å². The van der Waals surface area contributed by atoms with Crippen LogP contribution in [0.25, 0.3) is 0 Å². The van der Waals surface area contributed by atoms with Crippen molar-refractivity contribution < 1.29 is 19.4 Å². The third-order valence-corrected chi connectivity index (χ3v) is 4.91. The van der Waals surface area contributed by atoms with Gasteiger partial charge in [0.05, 0.1) is 17.8 Å². The molecular formula is C24H22Cl2N2O4. The van der Waals surface area contributed by atoms with Crippen LogP contribution >= 0.6 is 23.2 Å². The quantitative estimate of drug-likeness (QED) is 0.333. The monoisotopic (exact) mass is 472 g/mol. The zero-order valence-electron chi connectivity index (χ0n) is 17.3. The molecule has 0 spiro atoms. The van der Waals surface area contributed by atoms with Crippen LogP contribution in [0, 0.1) is 0 Å². The molecule has 6 nitrogen and oxygen atoms in total. The molecule has 0 saturated carbocycles. The summed E-state index contributed by atoms with van der Waals surface area (Å²) in [4.78, 5) is 12.1. The van der Waals surface area contributed by atoms with Gasteiger partial charge in [-0.25, -0.2) is 5.43 Å². The normalized spacial score (nSPS) is 11.9. The first-order chi connectivity index (χ1) is 15.5. The van der Waals surface area contributed by atoms with Crippen molar-refractivity contribution in [3.05, 3.63) is 93.5 Å². The second-order valence-corrected chi connectivity index (χ2v) is 7.57. The lowest BCUT2D eigenvalue weighted by Crippen LogP contribution is -2.25. The highest BCUT2D eigenvalue weighted by atomic mass is 35.5. The lowest BCUT2D eigenvalue weighted by Gasteiger charge is -2.14. The summed E-state index contributed by atoms with van der Waals surface area (Å²) in [6.07, 6.45) is 0.0899. The maximum atomic E-state index is 12.1. The van der Waals surface area contributed by atoms with Crippen molar-refractivity contribution in [1.29, 1.82) is 0 Å². The highest BCUT2D eigenvalue weighted by Gasteiger charge is 2.16. The van der Waals surface area contributed by atoms with Crippen molar-refractivity contribution in [1.82, 2.24) is 5.43 Å². The van der Waals surface area contributed by atoms with Crippen molar-refractivity contribution in [2.24, 2.45) is 5.10 Å². The fraction of sp³-hybridized carbons (Fsp3) is 0.167. The Morgan fingerprint density at radius 2 is 1.81 bits per heavy atom. The molecule has 3 rings (SSSR count). The smallest absolute Gasteiger partial charge is 0.273 e. The Kier molecular flexibility index (Phi) is 8.50. The Bertz CT molecular complexity index is 1070. The number of carbonyl (C=O) groups excluding carboxylic acids is 1. The van der Waals surface area contributed by atoms with E-state index in [1.807, 2.05) is 19.1 Å². The molecule has 0 heterocycles. The molecule has 166 valence electrons. The van der Waals surface area contributed by atoms with Gasteiger partial charge in [-0.1, -0.05) is 65.7 Å². The van der Waals surface area contributed by atoms with Crippen LogP contribution in [-0.4, -0.2) is 23.8 Å². The summed E-state index contributed by atoms with van der Waals surface area (Å²) in [5, 5.41) is 15.0. The van der Waals surface area contributed by atoms with E-state index in [4.69, 9.17) is 32.7 Å². The van der Waals surface area contributed by atoms with E-state index in [0.717, 1.165) is 5.56 Å². The first-order valence-electron chi connectivity index (χ1n) is 9.87. The minimum absolute atomic E-state index is 0.290. The molecule has 0 unspecified atom stereocenters. The van der Waals surface area contributed by atoms with Gasteiger partial charge in [-0.15, -0.1) is 0 Å². The predicted octanol–water partition coefficient (Wildman–Crippen LogP) is 5.15. The lowest BCUT2D eigenvalue weighted by molar-refractivity contribution is -0.129. The number of halogens is 2. The van der Waals surface area contributed by atoms with Crippen LogP contribution in [0.5, 0.6) is 11.5 Å². The molecule has 0 aliphatic heterocycles. The van der Waals surface area contributed by atoms with E-state index < -0.39 is 12.0 Å². The predicted molar refractivity (Wildman–Crippen MR) is 126 cm³/mol. The number of rotatable bonds is 9. The average molecular weight is 473 g/mol. The summed E-state index contributed by atoms with van der Waals surface area (Å²) in [6, 6.07) is 19.2. The van der Waals surface area contributed by atoms with Crippen LogP contribution in [0.4, 0.5) is 0 Å². The van der Waals surface area contributed by atoms with E-state index in [9.17, 15) is 9.90 Å². The van der Waals surface area contributed by atoms with Gasteiger partial charge in [0.15, 0.2) is 17.6 Å². The zero-order chi connectivity index (χ0) is 22.9. The number of aliphatic hydroxyl groups is 1. The van der Waals surface area contributed by atoms with E-state index in [1.54, 1.807) is 54.6 Å². The van der Waals surface area contributed by atoms with E-state index in [1.165, 1.54) is 6.21 Å². The van der Waals surface area contributed by atoms with Gasteiger partial charge in [-0.2, -0.15) is 5.10 Å². The number of nitrogens with one attached hydrogen (secondary N) is 1. The van der Waals surface area contributed by atoms with Gasteiger partial charge in [0, 0.05) is 5.02 Å². The molecule has 0 aromatic heterocycles. The largest absolute Gasteiger partial charge is 0.490 e. The molecule has 8 heteroatoms. The summed E-state index contributed by atoms with van der Waals surface area (Å²) >= 11 is 12.3. The molecule has 0 aliphatic rings. The number of hydrogen-bond acceptors (Lipinski definition) is 5. The Morgan fingerprint density at radius 3 is 2.50 bits per heavy atom. The molecule has 0 saturated heterocycles. The number of hydrogen-bond donors (Lipinski definition) is 2. The maximum Gasteiger partial charge on any atom is 0.273 e. The van der Waals surface area contributed by atoms with Gasteiger partial charge >= 0.3 is 0 Å². The van der Waals surface area contributed by atoms with Crippen molar-refractivity contribution in [2.75, 3.05) is 6.61 Å². The van der Waals surface area contributed by atoms with Crippen molar-refractivity contribution in [3.63, 3.8) is 0 Å². The average Bonchev–Trinajstić information content (AvgIpc) is 2.80. The fourth-order valence-electron chi connectivity index (χ4n) is 2.82. The minimum Gasteiger partial charge on any atom is -0.490 e. The number of ether oxygens (including phenoxy) is 2. The molecule has 0 bridgehead atoms. The minimum atomic E-state index is -1.32. The topological polar surface area (TPSA) is 80.2 Å². The van der Waals surface area contributed by atoms with Gasteiger partial charge in [-0.3, -0.25) is 4.79 Å². The van der Waals surface area contributed by atoms with Gasteiger partial charge in [0.25, 0.3) is 5.91 Å². The standard InChI is InChI=1S/C24H22Cl2N2O4/c1-2-31-21-13-17(14-27-28-24(30)22(29)18-6-4-3-5-7-18)12-20(26)23(21)32-15-16-8-10-19(25)11-9-16/h3-14,22,29H,2,15H2,1H3,(H,28,30)/b27-14-/t22-/m0/s1. The fourth-order valence-corrected chi connectivity index (χ4v) is 3.22. The number of carbonyl (C=O) groups is 1. The van der Waals surface area contributed by atoms with E-state index >= 15 is 0 Å². The summed E-state index contributed by atoms with van der Waals surface area (Å²) in [7, 11) is 0. The molecule has 0 aliphatic carbocycles. The number of benzene rings is 3. The Balaban J connectivity index is 1.69. The van der Waals surface area contributed by atoms with Crippen LogP contribution in [-0.2, 0) is 11.4 Å². The molecule has 3 aromatic rings. The van der Waals surface area contributed by atoms with Crippen LogP contribution < -0.4 is 14.9 Å². The molecule has 2 N–H and O–H groups in total. The third-order valence-electron chi connectivity index (χ3n) is 4.38. The first kappa shape index (κ1) is 23.6. The van der Waals surface area contributed by atoms with Crippen molar-refractivity contribution in [2.45, 2.75) is 19.6 Å². The number of hydrazone groups is 1. The van der Waals surface area contributed by atoms with Gasteiger partial charge in [-0.05, 0) is 47.9 Å². The molecule has 3 aromatic carbocycles. The molecule has 1 atom stereocenters. The third kappa shape index (κ3) is 6.47. The molecule has 0 radical (unpaired) electrons. The van der Waals surface area contributed by atoms with Crippen molar-refractivity contribution in [3.8, 4) is 11.5 Å². The first-order valence-corrected chi connectivity index (χ1v) is 10.6. The second kappa shape index (κ2) is 11.5. The van der Waals surface area contributed by atoms with Crippen molar-refractivity contribution >= 4 is 35.3 Å². The summed E-state index contributed by atoms with van der Waals surface area (Å²) in [5.41, 5.74) is 4.32. The van der Waals surface area contributed by atoms with Crippen LogP contribution in [0.2, 0.25) is 10.0 Å². The number of nitrogens with zero attached hydrogens (tertiary/aromatic N) is 1. The van der Waals surface area contributed by atoms with E-state index in [0.29, 0.717) is 39.3 Å². The lowest BCUT2D eigenvalue weighted by atomic mass is 10.1. The highest BCUT2D eigenvalue weighted by Crippen LogP contribution is 2.37. The maximum absolute atomic E-state index is 12.1. The highest BCUT2D eigenvalue weighted by molar-refractivity contribution is 6.32. The Hall–Kier alpha value is -3.06. The summed E-state index contributed by atoms with van der Waals surface area (Å²) < 4.78 is 11.5. The van der Waals surface area contributed by atoms with Gasteiger partial charge < -0.3 is 14.6 Å². The number of aliphatic hydroxyl groups excluding tert-OH is 1. The van der Waals surface area contributed by atoms with E-state index in [2.05, 4.69) is 10.5 Å². The molecule has 32 heavy (non-hydrogen) atoms. The van der Waals surface area contributed by atoms with Crippen LogP contribution in [0.1, 0.15) is 29.7 Å². The zero-order valence-corrected chi connectivity index (χ0v) is 18.8. The second-order valence-electron chi connectivity index (χ2n) is 6.73. The van der Waals surface area contributed by atoms with Gasteiger partial charge in [0.2, 0.25) is 0 Å². The van der Waals surface area contributed by atoms with Crippen LogP contribution in [0.15, 0.2) is 71.8 Å². The SMILES string of the molecule is CCOc1cc(/C=N\NC(=O)[C@@H](O)c2ccccc2)cc(Cl)c1OCc1ccc(Cl)cc1. The molecular weight excluding hydrogens is 451 g/mol. The summed E-state index contributed by atoms with van der Waals surface area (Å²) in [5.74, 6) is 0.210. The Morgan fingerprint density at radius 1 is 1.09 bits per heavy atom. The number of amides is 1. The van der Waals surface area contributed by atoms with Gasteiger partial charge in [0.1, 0.15) is 6.61 Å². The molecule has 1 amide bonds. The van der Waals surface area contributed by atoms with Crippen LogP contribution in [0.3, 0.4) is 0 Å². The summed E-state index contributed by atoms with van der Waals surface area (Å²) in [6.45, 7) is 2.55. The Labute approximate surface area is 196 Å². The molecule has 0 fully saturated rings.